The largest absolute Gasteiger partial charge is 0.492 e. The minimum atomic E-state index is 0.0724. The molecule has 3 rings (SSSR count). The van der Waals surface area contributed by atoms with Crippen molar-refractivity contribution in [3.8, 4) is 5.75 Å². The average molecular weight is 397 g/mol. The molecule has 0 saturated carbocycles. The van der Waals surface area contributed by atoms with Crippen LogP contribution in [0.5, 0.6) is 5.75 Å². The van der Waals surface area contributed by atoms with Gasteiger partial charge < -0.3 is 14.8 Å². The average Bonchev–Trinajstić information content (AvgIpc) is 2.77. The second-order valence-corrected chi connectivity index (χ2v) is 7.40. The summed E-state index contributed by atoms with van der Waals surface area (Å²) in [4.78, 5) is 14.5. The van der Waals surface area contributed by atoms with E-state index in [2.05, 4.69) is 41.4 Å². The zero-order valence-corrected chi connectivity index (χ0v) is 17.4. The van der Waals surface area contributed by atoms with Gasteiger partial charge in [-0.2, -0.15) is 0 Å². The molecule has 0 atom stereocenters. The fourth-order valence-corrected chi connectivity index (χ4v) is 3.35. The smallest absolute Gasteiger partial charge is 0.220 e. The van der Waals surface area contributed by atoms with Crippen molar-refractivity contribution in [1.82, 2.24) is 10.2 Å². The number of ether oxygens (including phenoxy) is 2. The summed E-state index contributed by atoms with van der Waals surface area (Å²) in [6.07, 6.45) is 2.30. The lowest BCUT2D eigenvalue weighted by Crippen LogP contribution is -2.38. The summed E-state index contributed by atoms with van der Waals surface area (Å²) >= 11 is 0. The van der Waals surface area contributed by atoms with Crippen LogP contribution in [0.25, 0.3) is 0 Å². The highest BCUT2D eigenvalue weighted by Gasteiger charge is 2.10. The van der Waals surface area contributed by atoms with Crippen LogP contribution >= 0.6 is 0 Å². The van der Waals surface area contributed by atoms with Crippen molar-refractivity contribution < 1.29 is 14.3 Å². The molecular formula is C24H32N2O3. The lowest BCUT2D eigenvalue weighted by Gasteiger charge is -2.26. The zero-order valence-electron chi connectivity index (χ0n) is 17.4. The van der Waals surface area contributed by atoms with Gasteiger partial charge in [0.1, 0.15) is 12.4 Å². The topological polar surface area (TPSA) is 50.8 Å². The molecule has 5 heteroatoms. The third-order valence-electron chi connectivity index (χ3n) is 5.24. The first-order chi connectivity index (χ1) is 14.2. The Kier molecular flexibility index (Phi) is 8.53. The minimum Gasteiger partial charge on any atom is -0.492 e. The maximum absolute atomic E-state index is 12.2. The van der Waals surface area contributed by atoms with Gasteiger partial charge in [-0.25, -0.2) is 0 Å². The van der Waals surface area contributed by atoms with E-state index >= 15 is 0 Å². The number of benzene rings is 2. The molecule has 29 heavy (non-hydrogen) atoms. The molecule has 0 radical (unpaired) electrons. The third-order valence-corrected chi connectivity index (χ3v) is 5.24. The molecular weight excluding hydrogens is 364 g/mol. The van der Waals surface area contributed by atoms with Crippen LogP contribution in [-0.4, -0.2) is 50.3 Å². The van der Waals surface area contributed by atoms with E-state index < -0.39 is 0 Å². The van der Waals surface area contributed by atoms with Crippen LogP contribution in [-0.2, 0) is 28.9 Å². The summed E-state index contributed by atoms with van der Waals surface area (Å²) in [6, 6.07) is 16.5. The number of morpholine rings is 1. The maximum Gasteiger partial charge on any atom is 0.220 e. The number of aryl methyl sites for hydroxylation is 2. The highest BCUT2D eigenvalue weighted by atomic mass is 16.5. The van der Waals surface area contributed by atoms with E-state index in [1.165, 1.54) is 11.1 Å². The molecule has 1 heterocycles. The first-order valence-electron chi connectivity index (χ1n) is 10.6. The van der Waals surface area contributed by atoms with Crippen LogP contribution in [0.15, 0.2) is 48.5 Å². The van der Waals surface area contributed by atoms with Crippen LogP contribution in [0.2, 0.25) is 0 Å². The van der Waals surface area contributed by atoms with Gasteiger partial charge in [0.25, 0.3) is 0 Å². The van der Waals surface area contributed by atoms with Gasteiger partial charge in [0.05, 0.1) is 13.2 Å². The number of hydrogen-bond donors (Lipinski definition) is 1. The van der Waals surface area contributed by atoms with Crippen molar-refractivity contribution in [3.05, 3.63) is 65.2 Å². The third kappa shape index (κ3) is 7.52. The van der Waals surface area contributed by atoms with E-state index in [0.717, 1.165) is 57.0 Å². The van der Waals surface area contributed by atoms with Crippen LogP contribution in [0.4, 0.5) is 0 Å². The van der Waals surface area contributed by atoms with Gasteiger partial charge in [-0.15, -0.1) is 0 Å². The second kappa shape index (κ2) is 11.6. The molecule has 1 aliphatic heterocycles. The van der Waals surface area contributed by atoms with E-state index in [0.29, 0.717) is 19.6 Å². The van der Waals surface area contributed by atoms with Crippen molar-refractivity contribution in [3.63, 3.8) is 0 Å². The SMILES string of the molecule is CCc1ccc(CCC(=O)NCc2cccc(OCCN3CCOCC3)c2)cc1. The molecule has 1 N–H and O–H groups in total. The number of carbonyl (C=O) groups is 1. The first kappa shape index (κ1) is 21.3. The molecule has 1 aliphatic rings. The fraction of sp³-hybridized carbons (Fsp3) is 0.458. The van der Waals surface area contributed by atoms with Gasteiger partial charge in [0.15, 0.2) is 0 Å². The van der Waals surface area contributed by atoms with Gasteiger partial charge in [-0.3, -0.25) is 9.69 Å². The number of carbonyl (C=O) groups excluding carboxylic acids is 1. The van der Waals surface area contributed by atoms with Crippen molar-refractivity contribution in [2.45, 2.75) is 32.7 Å². The van der Waals surface area contributed by atoms with Crippen LogP contribution in [0, 0.1) is 0 Å². The van der Waals surface area contributed by atoms with Crippen molar-refractivity contribution in [2.75, 3.05) is 39.5 Å². The zero-order chi connectivity index (χ0) is 20.3. The summed E-state index contributed by atoms with van der Waals surface area (Å²) in [5, 5.41) is 3.01. The van der Waals surface area contributed by atoms with E-state index in [-0.39, 0.29) is 5.91 Å². The molecule has 0 bridgehead atoms. The van der Waals surface area contributed by atoms with Crippen molar-refractivity contribution in [2.24, 2.45) is 0 Å². The van der Waals surface area contributed by atoms with E-state index in [1.807, 2.05) is 24.3 Å². The maximum atomic E-state index is 12.2. The number of nitrogens with zero attached hydrogens (tertiary/aromatic N) is 1. The normalized spacial score (nSPS) is 14.5. The summed E-state index contributed by atoms with van der Waals surface area (Å²) in [7, 11) is 0. The predicted molar refractivity (Wildman–Crippen MR) is 115 cm³/mol. The van der Waals surface area contributed by atoms with Crippen molar-refractivity contribution >= 4 is 5.91 Å². The lowest BCUT2D eigenvalue weighted by molar-refractivity contribution is -0.121. The Bertz CT molecular complexity index is 755. The van der Waals surface area contributed by atoms with Gasteiger partial charge >= 0.3 is 0 Å². The molecule has 0 aliphatic carbocycles. The summed E-state index contributed by atoms with van der Waals surface area (Å²) < 4.78 is 11.2. The fourth-order valence-electron chi connectivity index (χ4n) is 3.35. The Morgan fingerprint density at radius 3 is 2.59 bits per heavy atom. The van der Waals surface area contributed by atoms with E-state index in [9.17, 15) is 4.79 Å². The van der Waals surface area contributed by atoms with Crippen LogP contribution in [0.1, 0.15) is 30.0 Å². The number of rotatable bonds is 10. The molecule has 2 aromatic rings. The number of nitrogens with one attached hydrogen (secondary N) is 1. The Hall–Kier alpha value is -2.37. The van der Waals surface area contributed by atoms with Gasteiger partial charge in [0, 0.05) is 32.6 Å². The van der Waals surface area contributed by atoms with Gasteiger partial charge in [-0.1, -0.05) is 43.3 Å². The second-order valence-electron chi connectivity index (χ2n) is 7.40. The molecule has 1 amide bonds. The van der Waals surface area contributed by atoms with Gasteiger partial charge in [0.2, 0.25) is 5.91 Å². The van der Waals surface area contributed by atoms with E-state index in [4.69, 9.17) is 9.47 Å². The predicted octanol–water partition coefficient (Wildman–Crippen LogP) is 3.21. The molecule has 2 aromatic carbocycles. The Labute approximate surface area is 174 Å². The molecule has 0 unspecified atom stereocenters. The molecule has 1 saturated heterocycles. The first-order valence-corrected chi connectivity index (χ1v) is 10.6. The molecule has 5 nitrogen and oxygen atoms in total. The highest BCUT2D eigenvalue weighted by Crippen LogP contribution is 2.14. The standard InChI is InChI=1S/C24H32N2O3/c1-2-20-6-8-21(9-7-20)10-11-24(27)25-19-22-4-3-5-23(18-22)29-17-14-26-12-15-28-16-13-26/h3-9,18H,2,10-17,19H2,1H3,(H,25,27). The van der Waals surface area contributed by atoms with Gasteiger partial charge in [-0.05, 0) is 41.7 Å². The quantitative estimate of drug-likeness (QED) is 0.670. The van der Waals surface area contributed by atoms with Crippen LogP contribution in [0.3, 0.4) is 0 Å². The molecule has 156 valence electrons. The van der Waals surface area contributed by atoms with Crippen molar-refractivity contribution in [1.29, 1.82) is 0 Å². The minimum absolute atomic E-state index is 0.0724. The summed E-state index contributed by atoms with van der Waals surface area (Å²) in [5.41, 5.74) is 3.58. The lowest BCUT2D eigenvalue weighted by atomic mass is 10.1. The Morgan fingerprint density at radius 1 is 1.07 bits per heavy atom. The van der Waals surface area contributed by atoms with Crippen LogP contribution < -0.4 is 10.1 Å². The number of amides is 1. The molecule has 0 spiro atoms. The summed E-state index contributed by atoms with van der Waals surface area (Å²) in [5.74, 6) is 0.921. The molecule has 1 fully saturated rings. The highest BCUT2D eigenvalue weighted by molar-refractivity contribution is 5.76. The Balaban J connectivity index is 1.37. The monoisotopic (exact) mass is 396 g/mol. The van der Waals surface area contributed by atoms with E-state index in [1.54, 1.807) is 0 Å². The number of hydrogen-bond acceptors (Lipinski definition) is 4. The Morgan fingerprint density at radius 2 is 1.83 bits per heavy atom. The summed E-state index contributed by atoms with van der Waals surface area (Å²) in [6.45, 7) is 7.78. The molecule has 0 aromatic heterocycles.